The number of carbonyl (C=O) groups is 1. The van der Waals surface area contributed by atoms with Crippen LogP contribution in [0.25, 0.3) is 0 Å². The molecule has 1 amide bonds. The van der Waals surface area contributed by atoms with E-state index >= 15 is 0 Å². The van der Waals surface area contributed by atoms with Crippen LogP contribution in [0.2, 0.25) is 0 Å². The molecule has 1 fully saturated rings. The first-order valence-electron chi connectivity index (χ1n) is 8.58. The summed E-state index contributed by atoms with van der Waals surface area (Å²) < 4.78 is 0. The smallest absolute Gasteiger partial charge is 0.254 e. The number of benzene rings is 2. The third kappa shape index (κ3) is 3.45. The number of nitrogens with zero attached hydrogens (tertiary/aromatic N) is 2. The maximum atomic E-state index is 13.0. The number of hydrogen-bond donors (Lipinski definition) is 0. The molecule has 1 aliphatic rings. The molecule has 0 aromatic heterocycles. The summed E-state index contributed by atoms with van der Waals surface area (Å²) in [7, 11) is 5.96. The summed E-state index contributed by atoms with van der Waals surface area (Å²) in [5.41, 5.74) is 5.56. The van der Waals surface area contributed by atoms with Gasteiger partial charge in [0.05, 0.1) is 0 Å². The zero-order valence-corrected chi connectivity index (χ0v) is 15.0. The van der Waals surface area contributed by atoms with Gasteiger partial charge in [0.2, 0.25) is 0 Å². The van der Waals surface area contributed by atoms with Gasteiger partial charge in [-0.3, -0.25) is 4.79 Å². The Morgan fingerprint density at radius 3 is 2.46 bits per heavy atom. The molecule has 0 spiro atoms. The summed E-state index contributed by atoms with van der Waals surface area (Å²) in [5, 5.41) is 0. The molecule has 2 aromatic rings. The fourth-order valence-electron chi connectivity index (χ4n) is 3.22. The van der Waals surface area contributed by atoms with Crippen molar-refractivity contribution >= 4 is 11.6 Å². The first kappa shape index (κ1) is 16.6. The van der Waals surface area contributed by atoms with Gasteiger partial charge in [-0.1, -0.05) is 35.9 Å². The van der Waals surface area contributed by atoms with Gasteiger partial charge in [0.15, 0.2) is 0 Å². The molecule has 24 heavy (non-hydrogen) atoms. The van der Waals surface area contributed by atoms with Gasteiger partial charge in [0, 0.05) is 38.9 Å². The van der Waals surface area contributed by atoms with Crippen LogP contribution in [-0.4, -0.2) is 32.0 Å². The molecule has 0 aliphatic heterocycles. The van der Waals surface area contributed by atoms with Crippen LogP contribution in [0.15, 0.2) is 42.5 Å². The third-order valence-corrected chi connectivity index (χ3v) is 4.68. The summed E-state index contributed by atoms with van der Waals surface area (Å²) in [6.45, 7) is 2.67. The summed E-state index contributed by atoms with van der Waals surface area (Å²) in [5.74, 6) is 0.696. The van der Waals surface area contributed by atoms with Crippen LogP contribution in [0, 0.1) is 6.92 Å². The molecule has 0 bridgehead atoms. The van der Waals surface area contributed by atoms with Crippen molar-refractivity contribution in [1.29, 1.82) is 0 Å². The van der Waals surface area contributed by atoms with E-state index in [4.69, 9.17) is 0 Å². The lowest BCUT2D eigenvalue weighted by molar-refractivity contribution is 0.0784. The van der Waals surface area contributed by atoms with Gasteiger partial charge in [0.1, 0.15) is 0 Å². The van der Waals surface area contributed by atoms with Gasteiger partial charge in [-0.2, -0.15) is 0 Å². The molecular weight excluding hydrogens is 296 g/mol. The molecule has 0 atom stereocenters. The first-order chi connectivity index (χ1) is 11.5. The molecule has 2 aromatic carbocycles. The lowest BCUT2D eigenvalue weighted by Gasteiger charge is -2.23. The van der Waals surface area contributed by atoms with Gasteiger partial charge < -0.3 is 9.80 Å². The second-order valence-electron chi connectivity index (χ2n) is 7.05. The summed E-state index contributed by atoms with van der Waals surface area (Å²) in [6.07, 6.45) is 2.41. The molecular formula is C21H26N2O. The molecule has 3 rings (SSSR count). The van der Waals surface area contributed by atoms with E-state index in [2.05, 4.69) is 36.1 Å². The number of aryl methyl sites for hydroxylation is 1. The second-order valence-corrected chi connectivity index (χ2v) is 7.05. The number of carbonyl (C=O) groups excluding carboxylic acids is 1. The molecule has 3 nitrogen and oxygen atoms in total. The maximum Gasteiger partial charge on any atom is 0.254 e. The predicted octanol–water partition coefficient (Wildman–Crippen LogP) is 4.21. The Morgan fingerprint density at radius 2 is 1.79 bits per heavy atom. The zero-order valence-electron chi connectivity index (χ0n) is 15.0. The standard InChI is InChI=1S/C21H26N2O/c1-15-9-12-18(16-10-11-16)19(13-15)21(24)23(4)14-17-7-5-6-8-20(17)22(2)3/h5-9,12-13,16H,10-11,14H2,1-4H3. The van der Waals surface area contributed by atoms with E-state index in [9.17, 15) is 4.79 Å². The van der Waals surface area contributed by atoms with E-state index in [-0.39, 0.29) is 5.91 Å². The Hall–Kier alpha value is -2.29. The van der Waals surface area contributed by atoms with Gasteiger partial charge in [-0.05, 0) is 48.9 Å². The normalized spacial score (nSPS) is 13.7. The van der Waals surface area contributed by atoms with Crippen LogP contribution in [0.1, 0.15) is 45.8 Å². The molecule has 1 saturated carbocycles. The molecule has 3 heteroatoms. The van der Waals surface area contributed by atoms with Crippen molar-refractivity contribution in [2.75, 3.05) is 26.0 Å². The molecule has 126 valence electrons. The minimum Gasteiger partial charge on any atom is -0.377 e. The summed E-state index contributed by atoms with van der Waals surface area (Å²) in [6, 6.07) is 14.6. The maximum absolute atomic E-state index is 13.0. The van der Waals surface area contributed by atoms with Crippen LogP contribution < -0.4 is 4.90 Å². The van der Waals surface area contributed by atoms with Crippen LogP contribution in [0.4, 0.5) is 5.69 Å². The van der Waals surface area contributed by atoms with Crippen molar-refractivity contribution in [1.82, 2.24) is 4.90 Å². The van der Waals surface area contributed by atoms with Gasteiger partial charge >= 0.3 is 0 Å². The average Bonchev–Trinajstić information content (AvgIpc) is 3.39. The van der Waals surface area contributed by atoms with Crippen LogP contribution in [0.5, 0.6) is 0 Å². The number of anilines is 1. The largest absolute Gasteiger partial charge is 0.377 e. The molecule has 0 heterocycles. The van der Waals surface area contributed by atoms with Crippen molar-refractivity contribution < 1.29 is 4.79 Å². The fourth-order valence-corrected chi connectivity index (χ4v) is 3.22. The highest BCUT2D eigenvalue weighted by Gasteiger charge is 2.29. The SMILES string of the molecule is Cc1ccc(C2CC2)c(C(=O)N(C)Cc2ccccc2N(C)C)c1. The summed E-state index contributed by atoms with van der Waals surface area (Å²) >= 11 is 0. The Bertz CT molecular complexity index is 747. The molecule has 0 saturated heterocycles. The third-order valence-electron chi connectivity index (χ3n) is 4.68. The zero-order chi connectivity index (χ0) is 17.3. The fraction of sp³-hybridized carbons (Fsp3) is 0.381. The van der Waals surface area contributed by atoms with Crippen molar-refractivity contribution in [3.63, 3.8) is 0 Å². The highest BCUT2D eigenvalue weighted by Crippen LogP contribution is 2.42. The second kappa shape index (κ2) is 6.68. The van der Waals surface area contributed by atoms with E-state index in [0.717, 1.165) is 16.8 Å². The van der Waals surface area contributed by atoms with Crippen LogP contribution in [0.3, 0.4) is 0 Å². The van der Waals surface area contributed by atoms with E-state index in [1.807, 2.05) is 44.2 Å². The quantitative estimate of drug-likeness (QED) is 0.823. The van der Waals surface area contributed by atoms with E-state index in [1.54, 1.807) is 0 Å². The van der Waals surface area contributed by atoms with Crippen molar-refractivity contribution in [3.05, 3.63) is 64.7 Å². The van der Waals surface area contributed by atoms with Crippen molar-refractivity contribution in [2.24, 2.45) is 0 Å². The van der Waals surface area contributed by atoms with Gasteiger partial charge in [0.25, 0.3) is 5.91 Å². The van der Waals surface area contributed by atoms with Crippen molar-refractivity contribution in [2.45, 2.75) is 32.2 Å². The first-order valence-corrected chi connectivity index (χ1v) is 8.58. The highest BCUT2D eigenvalue weighted by atomic mass is 16.2. The molecule has 0 radical (unpaired) electrons. The lowest BCUT2D eigenvalue weighted by Crippen LogP contribution is -2.28. The van der Waals surface area contributed by atoms with E-state index < -0.39 is 0 Å². The topological polar surface area (TPSA) is 23.6 Å². The van der Waals surface area contributed by atoms with Crippen molar-refractivity contribution in [3.8, 4) is 0 Å². The van der Waals surface area contributed by atoms with Crippen LogP contribution in [-0.2, 0) is 6.54 Å². The molecule has 1 aliphatic carbocycles. The van der Waals surface area contributed by atoms with E-state index in [0.29, 0.717) is 12.5 Å². The van der Waals surface area contributed by atoms with E-state index in [1.165, 1.54) is 24.0 Å². The monoisotopic (exact) mass is 322 g/mol. The molecule has 0 N–H and O–H groups in total. The minimum absolute atomic E-state index is 0.120. The Labute approximate surface area is 144 Å². The average molecular weight is 322 g/mol. The van der Waals surface area contributed by atoms with Gasteiger partial charge in [-0.15, -0.1) is 0 Å². The van der Waals surface area contributed by atoms with Crippen LogP contribution >= 0.6 is 0 Å². The lowest BCUT2D eigenvalue weighted by atomic mass is 9.99. The highest BCUT2D eigenvalue weighted by molar-refractivity contribution is 5.96. The predicted molar refractivity (Wildman–Crippen MR) is 99.7 cm³/mol. The minimum atomic E-state index is 0.120. The summed E-state index contributed by atoms with van der Waals surface area (Å²) in [4.78, 5) is 17.0. The number of amides is 1. The number of hydrogen-bond acceptors (Lipinski definition) is 2. The number of rotatable bonds is 5. The van der Waals surface area contributed by atoms with Gasteiger partial charge in [-0.25, -0.2) is 0 Å². The number of para-hydroxylation sites is 1. The Morgan fingerprint density at radius 1 is 1.08 bits per heavy atom. The molecule has 0 unspecified atom stereocenters. The Balaban J connectivity index is 1.85. The Kier molecular flexibility index (Phi) is 4.61.